The average Bonchev–Trinajstić information content (AvgIpc) is 2.85. The summed E-state index contributed by atoms with van der Waals surface area (Å²) >= 11 is 0. The number of hydrogen-bond donors (Lipinski definition) is 1. The number of ether oxygens (including phenoxy) is 1. The fourth-order valence-corrected chi connectivity index (χ4v) is 4.78. The highest BCUT2D eigenvalue weighted by Gasteiger charge is 2.30. The molecule has 0 aliphatic carbocycles. The Morgan fingerprint density at radius 2 is 2.03 bits per heavy atom. The number of nitrogens with one attached hydrogen (secondary N) is 1. The van der Waals surface area contributed by atoms with Crippen LogP contribution in [0.2, 0.25) is 0 Å². The molecule has 4 heterocycles. The topological polar surface area (TPSA) is 66.4 Å². The van der Waals surface area contributed by atoms with Crippen molar-refractivity contribution in [1.82, 2.24) is 20.1 Å². The minimum absolute atomic E-state index is 0.00622. The van der Waals surface area contributed by atoms with Gasteiger partial charge >= 0.3 is 0 Å². The number of aromatic nitrogens is 3. The third-order valence-electron chi connectivity index (χ3n) is 6.82. The Hall–Kier alpha value is -2.91. The van der Waals surface area contributed by atoms with E-state index in [1.165, 1.54) is 12.1 Å². The van der Waals surface area contributed by atoms with E-state index in [-0.39, 0.29) is 11.6 Å². The largest absolute Gasteiger partial charge is 0.378 e. The molecule has 0 spiro atoms. The van der Waals surface area contributed by atoms with E-state index in [2.05, 4.69) is 31.4 Å². The number of pyridine rings is 1. The minimum Gasteiger partial charge on any atom is -0.378 e. The van der Waals surface area contributed by atoms with Crippen LogP contribution >= 0.6 is 0 Å². The van der Waals surface area contributed by atoms with Gasteiger partial charge in [-0.3, -0.25) is 9.88 Å². The van der Waals surface area contributed by atoms with Gasteiger partial charge in [-0.15, -0.1) is 5.10 Å². The van der Waals surface area contributed by atoms with Gasteiger partial charge in [0.1, 0.15) is 0 Å². The van der Waals surface area contributed by atoms with Crippen LogP contribution in [-0.2, 0) is 10.7 Å². The number of benzene rings is 1. The molecule has 7 nitrogen and oxygen atoms in total. The number of morpholine rings is 1. The summed E-state index contributed by atoms with van der Waals surface area (Å²) in [5, 5.41) is 12.9. The van der Waals surface area contributed by atoms with Crippen molar-refractivity contribution >= 4 is 22.4 Å². The smallest absolute Gasteiger partial charge is 0.270 e. The van der Waals surface area contributed by atoms with E-state index in [1.807, 2.05) is 26.1 Å². The minimum atomic E-state index is -2.89. The van der Waals surface area contributed by atoms with Gasteiger partial charge in [-0.2, -0.15) is 5.10 Å². The van der Waals surface area contributed by atoms with Gasteiger partial charge < -0.3 is 15.0 Å². The maximum atomic E-state index is 13.8. The number of alkyl halides is 2. The van der Waals surface area contributed by atoms with Gasteiger partial charge in [-0.25, -0.2) is 8.78 Å². The first-order valence-corrected chi connectivity index (χ1v) is 11.7. The molecule has 2 aromatic heterocycles. The zero-order valence-corrected chi connectivity index (χ0v) is 19.8. The van der Waals surface area contributed by atoms with E-state index in [9.17, 15) is 8.78 Å². The molecule has 9 heteroatoms. The Bertz CT molecular complexity index is 1180. The number of anilines is 2. The molecule has 0 radical (unpaired) electrons. The fourth-order valence-electron chi connectivity index (χ4n) is 4.78. The number of aryl methyl sites for hydroxylation is 1. The Balaban J connectivity index is 1.43. The molecule has 5 rings (SSSR count). The third-order valence-corrected chi connectivity index (χ3v) is 6.82. The summed E-state index contributed by atoms with van der Waals surface area (Å²) in [4.78, 5) is 9.56. The van der Waals surface area contributed by atoms with Crippen molar-refractivity contribution in [1.29, 1.82) is 0 Å². The molecule has 3 aromatic rings. The van der Waals surface area contributed by atoms with Crippen molar-refractivity contribution in [2.24, 2.45) is 0 Å². The van der Waals surface area contributed by atoms with E-state index >= 15 is 0 Å². The van der Waals surface area contributed by atoms with E-state index in [1.54, 1.807) is 6.07 Å². The highest BCUT2D eigenvalue weighted by molar-refractivity contribution is 5.92. The molecule has 2 fully saturated rings. The van der Waals surface area contributed by atoms with Crippen LogP contribution in [0.3, 0.4) is 0 Å². The molecule has 180 valence electrons. The summed E-state index contributed by atoms with van der Waals surface area (Å²) in [5.74, 6) is -2.30. The first-order valence-electron chi connectivity index (χ1n) is 11.7. The Labute approximate surface area is 198 Å². The maximum absolute atomic E-state index is 13.8. The van der Waals surface area contributed by atoms with Crippen LogP contribution < -0.4 is 10.2 Å². The first-order chi connectivity index (χ1) is 16.3. The highest BCUT2D eigenvalue weighted by atomic mass is 19.3. The lowest BCUT2D eigenvalue weighted by Gasteiger charge is -2.44. The zero-order valence-electron chi connectivity index (χ0n) is 19.8. The molecule has 2 saturated heterocycles. The number of rotatable bonds is 5. The lowest BCUT2D eigenvalue weighted by molar-refractivity contribution is -0.0116. The Morgan fingerprint density at radius 3 is 2.85 bits per heavy atom. The second-order valence-corrected chi connectivity index (χ2v) is 9.31. The van der Waals surface area contributed by atoms with Crippen LogP contribution in [0.4, 0.5) is 20.3 Å². The summed E-state index contributed by atoms with van der Waals surface area (Å²) in [6, 6.07) is 8.74. The standard InChI is InChI=1S/C25H30F2N6O/c1-16(18-5-4-6-19(11-18)25(3,26)27)29-24-22-12-20(13-28-23(22)17(2)30-31-24)33-8-7-32-9-10-34-15-21(32)14-33/h4-6,11-13,16,21H,7-10,14-15H2,1-3H3,(H,29,31)/t16-,21+/m1/s1. The van der Waals surface area contributed by atoms with Gasteiger partial charge in [0.2, 0.25) is 0 Å². The summed E-state index contributed by atoms with van der Waals surface area (Å²) < 4.78 is 33.4. The Kier molecular flexibility index (Phi) is 6.07. The molecule has 2 atom stereocenters. The molecule has 1 N–H and O–H groups in total. The Morgan fingerprint density at radius 1 is 1.18 bits per heavy atom. The van der Waals surface area contributed by atoms with E-state index in [0.717, 1.165) is 74.2 Å². The number of piperazine rings is 1. The number of halogens is 2. The molecule has 0 amide bonds. The van der Waals surface area contributed by atoms with Crippen molar-refractivity contribution in [3.8, 4) is 0 Å². The molecule has 1 aromatic carbocycles. The van der Waals surface area contributed by atoms with Crippen molar-refractivity contribution in [2.45, 2.75) is 38.8 Å². The third kappa shape index (κ3) is 4.54. The van der Waals surface area contributed by atoms with Gasteiger partial charge in [0.25, 0.3) is 5.92 Å². The monoisotopic (exact) mass is 468 g/mol. The second kappa shape index (κ2) is 9.03. The van der Waals surface area contributed by atoms with Crippen LogP contribution in [0, 0.1) is 6.92 Å². The normalized spacial score (nSPS) is 20.3. The highest BCUT2D eigenvalue weighted by Crippen LogP contribution is 2.32. The van der Waals surface area contributed by atoms with E-state index in [0.29, 0.717) is 11.9 Å². The van der Waals surface area contributed by atoms with Gasteiger partial charge in [-0.1, -0.05) is 18.2 Å². The molecular weight excluding hydrogens is 438 g/mol. The zero-order chi connectivity index (χ0) is 23.9. The van der Waals surface area contributed by atoms with Crippen molar-refractivity contribution in [3.05, 3.63) is 53.3 Å². The van der Waals surface area contributed by atoms with Gasteiger partial charge in [-0.05, 0) is 31.5 Å². The average molecular weight is 469 g/mol. The van der Waals surface area contributed by atoms with Crippen molar-refractivity contribution < 1.29 is 13.5 Å². The van der Waals surface area contributed by atoms with Gasteiger partial charge in [0.15, 0.2) is 5.82 Å². The lowest BCUT2D eigenvalue weighted by Crippen LogP contribution is -2.58. The summed E-state index contributed by atoms with van der Waals surface area (Å²) in [5.41, 5.74) is 3.31. The second-order valence-electron chi connectivity index (χ2n) is 9.31. The molecule has 34 heavy (non-hydrogen) atoms. The van der Waals surface area contributed by atoms with Crippen LogP contribution in [-0.4, -0.2) is 65.5 Å². The SMILES string of the molecule is Cc1nnc(N[C@H](C)c2cccc(C(C)(F)F)c2)c2cc(N3CCN4CCOC[C@@H]4C3)cnc12. The molecule has 2 aliphatic rings. The first kappa shape index (κ1) is 22.9. The lowest BCUT2D eigenvalue weighted by atomic mass is 10.0. The molecule has 2 aliphatic heterocycles. The van der Waals surface area contributed by atoms with E-state index < -0.39 is 5.92 Å². The predicted molar refractivity (Wildman–Crippen MR) is 129 cm³/mol. The van der Waals surface area contributed by atoms with Crippen molar-refractivity contribution in [3.63, 3.8) is 0 Å². The molecule has 0 saturated carbocycles. The number of nitrogens with zero attached hydrogens (tertiary/aromatic N) is 5. The molecule has 0 unspecified atom stereocenters. The summed E-state index contributed by atoms with van der Waals surface area (Å²) in [7, 11) is 0. The van der Waals surface area contributed by atoms with Crippen LogP contribution in [0.5, 0.6) is 0 Å². The molecular formula is C25H30F2N6O. The summed E-state index contributed by atoms with van der Waals surface area (Å²) in [6.45, 7) is 10.1. The molecule has 0 bridgehead atoms. The van der Waals surface area contributed by atoms with Crippen LogP contribution in [0.15, 0.2) is 36.5 Å². The van der Waals surface area contributed by atoms with Crippen molar-refractivity contribution in [2.75, 3.05) is 49.6 Å². The van der Waals surface area contributed by atoms with Gasteiger partial charge in [0.05, 0.1) is 48.4 Å². The van der Waals surface area contributed by atoms with E-state index in [4.69, 9.17) is 9.72 Å². The van der Waals surface area contributed by atoms with Crippen LogP contribution in [0.25, 0.3) is 10.9 Å². The number of fused-ring (bicyclic) bond motifs is 2. The summed E-state index contributed by atoms with van der Waals surface area (Å²) in [6.07, 6.45) is 1.90. The quantitative estimate of drug-likeness (QED) is 0.604. The fraction of sp³-hybridized carbons (Fsp3) is 0.480. The maximum Gasteiger partial charge on any atom is 0.270 e. The predicted octanol–water partition coefficient (Wildman–Crippen LogP) is 4.14. The number of hydrogen-bond acceptors (Lipinski definition) is 7. The van der Waals surface area contributed by atoms with Crippen LogP contribution in [0.1, 0.15) is 36.7 Å². The van der Waals surface area contributed by atoms with Gasteiger partial charge in [0, 0.05) is 44.1 Å².